The standard InChI is InChI=1S/C23H28N6O3S/c1-14-11-29-19(25-22(14)27-7-5-15(24)12-27)10-16(26-29)17-4-2-3-6-28(17)23(30)21-20-18(13-33-21)31-8-9-32-20/h10-11,13,15,17H,2-9,12,24H2,1H3. The third-order valence-electron chi connectivity index (χ3n) is 6.75. The lowest BCUT2D eigenvalue weighted by Crippen LogP contribution is -2.38. The van der Waals surface area contributed by atoms with Gasteiger partial charge in [-0.05, 0) is 32.6 Å². The molecule has 0 aliphatic carbocycles. The molecule has 2 N–H and O–H groups in total. The van der Waals surface area contributed by atoms with E-state index in [1.54, 1.807) is 0 Å². The highest BCUT2D eigenvalue weighted by atomic mass is 32.1. The second-order valence-corrected chi connectivity index (χ2v) is 9.96. The Labute approximate surface area is 196 Å². The maximum absolute atomic E-state index is 13.6. The number of aryl methyl sites for hydroxylation is 1. The normalized spacial score (nSPS) is 22.8. The SMILES string of the molecule is Cc1cn2nc(C3CCCCN3C(=O)c3scc4c3OCCO4)cc2nc1N1CCC(N)C1. The van der Waals surface area contributed by atoms with Gasteiger partial charge in [-0.2, -0.15) is 5.10 Å². The number of aromatic nitrogens is 3. The van der Waals surface area contributed by atoms with E-state index in [1.807, 2.05) is 27.1 Å². The van der Waals surface area contributed by atoms with Crippen LogP contribution in [0.4, 0.5) is 5.82 Å². The second-order valence-electron chi connectivity index (χ2n) is 9.08. The Balaban J connectivity index is 1.32. The minimum atomic E-state index is -0.0841. The van der Waals surface area contributed by atoms with Crippen molar-refractivity contribution >= 4 is 28.7 Å². The molecule has 2 unspecified atom stereocenters. The molecule has 174 valence electrons. The van der Waals surface area contributed by atoms with E-state index < -0.39 is 0 Å². The summed E-state index contributed by atoms with van der Waals surface area (Å²) in [6, 6.07) is 2.14. The Morgan fingerprint density at radius 1 is 1.21 bits per heavy atom. The molecule has 10 heteroatoms. The smallest absolute Gasteiger partial charge is 0.268 e. The van der Waals surface area contributed by atoms with Gasteiger partial charge >= 0.3 is 0 Å². The number of piperidine rings is 1. The Kier molecular flexibility index (Phi) is 5.14. The summed E-state index contributed by atoms with van der Waals surface area (Å²) in [6.07, 6.45) is 5.94. The molecule has 0 saturated carbocycles. The van der Waals surface area contributed by atoms with Crippen LogP contribution in [0.2, 0.25) is 0 Å². The molecule has 3 aromatic rings. The third kappa shape index (κ3) is 3.61. The molecule has 9 nitrogen and oxygen atoms in total. The third-order valence-corrected chi connectivity index (χ3v) is 7.68. The van der Waals surface area contributed by atoms with Crippen LogP contribution in [0.5, 0.6) is 11.5 Å². The molecule has 3 aliphatic rings. The summed E-state index contributed by atoms with van der Waals surface area (Å²) >= 11 is 1.39. The van der Waals surface area contributed by atoms with Gasteiger partial charge in [0.05, 0.1) is 11.7 Å². The lowest BCUT2D eigenvalue weighted by atomic mass is 9.99. The number of hydrogen-bond donors (Lipinski definition) is 1. The zero-order valence-electron chi connectivity index (χ0n) is 18.7. The second kappa shape index (κ2) is 8.18. The number of ether oxygens (including phenoxy) is 2. The number of anilines is 1. The quantitative estimate of drug-likeness (QED) is 0.631. The molecular weight excluding hydrogens is 440 g/mol. The van der Waals surface area contributed by atoms with Crippen LogP contribution in [0.15, 0.2) is 17.6 Å². The molecule has 2 fully saturated rings. The average molecular weight is 469 g/mol. The minimum absolute atomic E-state index is 0.00982. The van der Waals surface area contributed by atoms with Gasteiger partial charge in [0.25, 0.3) is 5.91 Å². The summed E-state index contributed by atoms with van der Waals surface area (Å²) in [5.74, 6) is 2.22. The van der Waals surface area contributed by atoms with Crippen LogP contribution in [0, 0.1) is 6.92 Å². The molecule has 2 atom stereocenters. The van der Waals surface area contributed by atoms with Crippen LogP contribution in [0.25, 0.3) is 5.65 Å². The maximum Gasteiger partial charge on any atom is 0.268 e. The first-order valence-electron chi connectivity index (χ1n) is 11.6. The van der Waals surface area contributed by atoms with Crippen molar-refractivity contribution in [1.29, 1.82) is 0 Å². The molecule has 33 heavy (non-hydrogen) atoms. The zero-order valence-corrected chi connectivity index (χ0v) is 19.5. The topological polar surface area (TPSA) is 98.2 Å². The molecule has 0 spiro atoms. The minimum Gasteiger partial charge on any atom is -0.485 e. The summed E-state index contributed by atoms with van der Waals surface area (Å²) in [5, 5.41) is 6.71. The van der Waals surface area contributed by atoms with Crippen LogP contribution in [0.1, 0.15) is 52.7 Å². The summed E-state index contributed by atoms with van der Waals surface area (Å²) in [6.45, 7) is 5.50. The van der Waals surface area contributed by atoms with Gasteiger partial charge < -0.3 is 25.0 Å². The number of carbonyl (C=O) groups excluding carboxylic acids is 1. The van der Waals surface area contributed by atoms with Crippen LogP contribution >= 0.6 is 11.3 Å². The van der Waals surface area contributed by atoms with Crippen LogP contribution in [-0.4, -0.2) is 64.3 Å². The van der Waals surface area contributed by atoms with Gasteiger partial charge in [0, 0.05) is 48.9 Å². The van der Waals surface area contributed by atoms with Crippen molar-refractivity contribution in [3.8, 4) is 11.5 Å². The Morgan fingerprint density at radius 2 is 2.09 bits per heavy atom. The van der Waals surface area contributed by atoms with E-state index in [-0.39, 0.29) is 18.0 Å². The number of hydrogen-bond acceptors (Lipinski definition) is 8. The molecule has 2 saturated heterocycles. The van der Waals surface area contributed by atoms with Crippen LogP contribution < -0.4 is 20.1 Å². The predicted octanol–water partition coefficient (Wildman–Crippen LogP) is 2.78. The van der Waals surface area contributed by atoms with Crippen molar-refractivity contribution in [1.82, 2.24) is 19.5 Å². The van der Waals surface area contributed by atoms with Crippen molar-refractivity contribution in [2.24, 2.45) is 5.73 Å². The van der Waals surface area contributed by atoms with E-state index in [4.69, 9.17) is 25.3 Å². The fourth-order valence-corrected chi connectivity index (χ4v) is 5.99. The van der Waals surface area contributed by atoms with Crippen molar-refractivity contribution < 1.29 is 14.3 Å². The summed E-state index contributed by atoms with van der Waals surface area (Å²) in [4.78, 5) is 23.3. The van der Waals surface area contributed by atoms with Gasteiger partial charge in [-0.25, -0.2) is 9.50 Å². The fourth-order valence-electron chi connectivity index (χ4n) is 5.10. The number of fused-ring (bicyclic) bond motifs is 2. The number of nitrogens with zero attached hydrogens (tertiary/aromatic N) is 5. The lowest BCUT2D eigenvalue weighted by molar-refractivity contribution is 0.0603. The molecule has 0 radical (unpaired) electrons. The van der Waals surface area contributed by atoms with E-state index in [0.717, 1.165) is 61.5 Å². The first-order chi connectivity index (χ1) is 16.1. The number of carbonyl (C=O) groups is 1. The van der Waals surface area contributed by atoms with Crippen molar-refractivity contribution in [2.75, 3.05) is 37.7 Å². The average Bonchev–Trinajstić information content (AvgIpc) is 3.55. The number of likely N-dealkylation sites (tertiary alicyclic amines) is 1. The molecule has 6 rings (SSSR count). The Morgan fingerprint density at radius 3 is 2.94 bits per heavy atom. The van der Waals surface area contributed by atoms with E-state index in [2.05, 4.69) is 11.8 Å². The first kappa shape index (κ1) is 20.7. The summed E-state index contributed by atoms with van der Waals surface area (Å²) in [5.41, 5.74) is 8.87. The zero-order chi connectivity index (χ0) is 22.5. The van der Waals surface area contributed by atoms with Gasteiger partial charge in [0.15, 0.2) is 17.1 Å². The molecular formula is C23H28N6O3S. The Hall–Kier alpha value is -2.85. The van der Waals surface area contributed by atoms with Gasteiger partial charge in [-0.15, -0.1) is 11.3 Å². The van der Waals surface area contributed by atoms with Crippen molar-refractivity contribution in [2.45, 2.75) is 44.7 Å². The first-order valence-corrected chi connectivity index (χ1v) is 12.5. The van der Waals surface area contributed by atoms with E-state index in [1.165, 1.54) is 11.3 Å². The van der Waals surface area contributed by atoms with Crippen molar-refractivity contribution in [3.05, 3.63) is 33.8 Å². The molecule has 1 amide bonds. The summed E-state index contributed by atoms with van der Waals surface area (Å²) < 4.78 is 13.3. The number of rotatable bonds is 3. The summed E-state index contributed by atoms with van der Waals surface area (Å²) in [7, 11) is 0. The predicted molar refractivity (Wildman–Crippen MR) is 125 cm³/mol. The van der Waals surface area contributed by atoms with Gasteiger partial charge in [-0.1, -0.05) is 0 Å². The van der Waals surface area contributed by atoms with E-state index in [0.29, 0.717) is 36.1 Å². The molecule has 0 bridgehead atoms. The lowest BCUT2D eigenvalue weighted by Gasteiger charge is -2.34. The fraction of sp³-hybridized carbons (Fsp3) is 0.522. The van der Waals surface area contributed by atoms with E-state index >= 15 is 0 Å². The highest BCUT2D eigenvalue weighted by molar-refractivity contribution is 7.12. The number of thiophene rings is 1. The van der Waals surface area contributed by atoms with Crippen molar-refractivity contribution in [3.63, 3.8) is 0 Å². The van der Waals surface area contributed by atoms with Crippen LogP contribution in [0.3, 0.4) is 0 Å². The molecule has 0 aromatic carbocycles. The monoisotopic (exact) mass is 468 g/mol. The van der Waals surface area contributed by atoms with Gasteiger partial charge in [0.1, 0.15) is 23.9 Å². The Bertz CT molecular complexity index is 1210. The largest absolute Gasteiger partial charge is 0.485 e. The van der Waals surface area contributed by atoms with Crippen LogP contribution in [-0.2, 0) is 0 Å². The molecule has 3 aliphatic heterocycles. The van der Waals surface area contributed by atoms with E-state index in [9.17, 15) is 4.79 Å². The molecule has 3 aromatic heterocycles. The maximum atomic E-state index is 13.6. The molecule has 6 heterocycles. The highest BCUT2D eigenvalue weighted by Gasteiger charge is 2.34. The number of nitrogens with two attached hydrogens (primary N) is 1. The van der Waals surface area contributed by atoms with Gasteiger partial charge in [-0.3, -0.25) is 4.79 Å². The van der Waals surface area contributed by atoms with Gasteiger partial charge in [0.2, 0.25) is 0 Å². The highest BCUT2D eigenvalue weighted by Crippen LogP contribution is 2.42. The number of amides is 1.